The maximum Gasteiger partial charge on any atom is 0.343 e. The molecule has 11 nitrogen and oxygen atoms in total. The van der Waals surface area contributed by atoms with Crippen LogP contribution >= 0.6 is 0 Å². The molecule has 0 atom stereocenters. The second kappa shape index (κ2) is 9.78. The van der Waals surface area contributed by atoms with Gasteiger partial charge in [0.15, 0.2) is 0 Å². The van der Waals surface area contributed by atoms with Crippen molar-refractivity contribution < 1.29 is 24.0 Å². The Morgan fingerprint density at radius 3 is 2.68 bits per heavy atom. The fraction of sp³-hybridized carbons (Fsp3) is 0.100. The van der Waals surface area contributed by atoms with Gasteiger partial charge >= 0.3 is 11.7 Å². The van der Waals surface area contributed by atoms with Crippen molar-refractivity contribution in [3.63, 3.8) is 0 Å². The number of carbonyl (C=O) groups excluding carboxylic acids is 2. The fourth-order valence-electron chi connectivity index (χ4n) is 2.43. The van der Waals surface area contributed by atoms with Crippen LogP contribution < -0.4 is 14.9 Å². The zero-order valence-electron chi connectivity index (χ0n) is 16.3. The van der Waals surface area contributed by atoms with E-state index in [-0.39, 0.29) is 12.2 Å². The van der Waals surface area contributed by atoms with E-state index in [0.717, 1.165) is 17.1 Å². The lowest BCUT2D eigenvalue weighted by molar-refractivity contribution is -0.385. The first-order valence-corrected chi connectivity index (χ1v) is 8.89. The molecule has 0 unspecified atom stereocenters. The SMILES string of the molecule is COc1cccc(C(=O)Oc2ccc(/C=N/NC(=O)Cn3cc([N+](=O)[O-])cn3)cc2)c1. The first-order valence-electron chi connectivity index (χ1n) is 8.89. The van der Waals surface area contributed by atoms with Crippen molar-refractivity contribution in [1.29, 1.82) is 0 Å². The largest absolute Gasteiger partial charge is 0.497 e. The molecule has 0 aliphatic carbocycles. The summed E-state index contributed by atoms with van der Waals surface area (Å²) in [5, 5.41) is 18.1. The van der Waals surface area contributed by atoms with E-state index in [9.17, 15) is 19.7 Å². The Bertz CT molecular complexity index is 1120. The fourth-order valence-corrected chi connectivity index (χ4v) is 2.43. The van der Waals surface area contributed by atoms with Crippen molar-refractivity contribution in [2.75, 3.05) is 7.11 Å². The van der Waals surface area contributed by atoms with Gasteiger partial charge in [-0.15, -0.1) is 0 Å². The molecule has 3 aromatic rings. The van der Waals surface area contributed by atoms with E-state index in [2.05, 4.69) is 15.6 Å². The number of benzene rings is 2. The summed E-state index contributed by atoms with van der Waals surface area (Å²) >= 11 is 0. The number of ether oxygens (including phenoxy) is 2. The van der Waals surface area contributed by atoms with Crippen molar-refractivity contribution in [3.05, 3.63) is 82.2 Å². The summed E-state index contributed by atoms with van der Waals surface area (Å²) < 4.78 is 11.5. The predicted octanol–water partition coefficient (Wildman–Crippen LogP) is 2.17. The third-order valence-electron chi connectivity index (χ3n) is 3.93. The second-order valence-electron chi connectivity index (χ2n) is 6.14. The van der Waals surface area contributed by atoms with Crippen molar-refractivity contribution in [1.82, 2.24) is 15.2 Å². The average molecular weight is 423 g/mol. The number of rotatable bonds is 8. The summed E-state index contributed by atoms with van der Waals surface area (Å²) in [6.45, 7) is -0.218. The third-order valence-corrected chi connectivity index (χ3v) is 3.93. The minimum Gasteiger partial charge on any atom is -0.497 e. The lowest BCUT2D eigenvalue weighted by atomic mass is 10.2. The summed E-state index contributed by atoms with van der Waals surface area (Å²) in [6, 6.07) is 13.1. The maximum atomic E-state index is 12.2. The molecule has 0 saturated carbocycles. The number of esters is 1. The lowest BCUT2D eigenvalue weighted by Gasteiger charge is -2.06. The molecule has 0 spiro atoms. The Morgan fingerprint density at radius 1 is 1.23 bits per heavy atom. The monoisotopic (exact) mass is 423 g/mol. The maximum absolute atomic E-state index is 12.2. The lowest BCUT2D eigenvalue weighted by Crippen LogP contribution is -2.23. The first kappa shape index (κ1) is 21.2. The van der Waals surface area contributed by atoms with Crippen LogP contribution in [0.5, 0.6) is 11.5 Å². The molecule has 0 radical (unpaired) electrons. The highest BCUT2D eigenvalue weighted by molar-refractivity contribution is 5.91. The van der Waals surface area contributed by atoms with Gasteiger partial charge in [0.25, 0.3) is 5.91 Å². The van der Waals surface area contributed by atoms with Crippen LogP contribution in [-0.4, -0.2) is 39.9 Å². The number of methoxy groups -OCH3 is 1. The molecule has 0 fully saturated rings. The summed E-state index contributed by atoms with van der Waals surface area (Å²) in [7, 11) is 1.51. The number of hydrogen-bond acceptors (Lipinski definition) is 8. The number of nitrogens with zero attached hydrogens (tertiary/aromatic N) is 4. The molecule has 31 heavy (non-hydrogen) atoms. The molecular weight excluding hydrogens is 406 g/mol. The van der Waals surface area contributed by atoms with Crippen LogP contribution in [0.2, 0.25) is 0 Å². The quantitative estimate of drug-likeness (QED) is 0.193. The second-order valence-corrected chi connectivity index (χ2v) is 6.14. The highest BCUT2D eigenvalue weighted by Gasteiger charge is 2.11. The molecule has 3 rings (SSSR count). The van der Waals surface area contributed by atoms with E-state index < -0.39 is 16.8 Å². The molecule has 0 aliphatic rings. The normalized spacial score (nSPS) is 10.6. The third kappa shape index (κ3) is 5.97. The smallest absolute Gasteiger partial charge is 0.343 e. The van der Waals surface area contributed by atoms with Gasteiger partial charge in [-0.2, -0.15) is 10.2 Å². The van der Waals surface area contributed by atoms with Crippen LogP contribution in [0.1, 0.15) is 15.9 Å². The molecule has 0 aliphatic heterocycles. The van der Waals surface area contributed by atoms with Gasteiger partial charge in [-0.25, -0.2) is 10.2 Å². The van der Waals surface area contributed by atoms with Gasteiger partial charge < -0.3 is 9.47 Å². The van der Waals surface area contributed by atoms with Gasteiger partial charge in [-0.05, 0) is 48.0 Å². The van der Waals surface area contributed by atoms with E-state index in [1.54, 1.807) is 48.5 Å². The molecule has 1 N–H and O–H groups in total. The Kier molecular flexibility index (Phi) is 6.68. The Hall–Kier alpha value is -4.54. The average Bonchev–Trinajstić information content (AvgIpc) is 3.23. The highest BCUT2D eigenvalue weighted by Crippen LogP contribution is 2.17. The van der Waals surface area contributed by atoms with Gasteiger partial charge in [0.05, 0.1) is 23.8 Å². The van der Waals surface area contributed by atoms with Crippen molar-refractivity contribution in [2.24, 2.45) is 5.10 Å². The van der Waals surface area contributed by atoms with Crippen LogP contribution in [0.25, 0.3) is 0 Å². The van der Waals surface area contributed by atoms with Crippen LogP contribution in [0.4, 0.5) is 5.69 Å². The minimum absolute atomic E-state index is 0.205. The van der Waals surface area contributed by atoms with Crippen LogP contribution in [0.3, 0.4) is 0 Å². The van der Waals surface area contributed by atoms with Crippen LogP contribution in [-0.2, 0) is 11.3 Å². The Balaban J connectivity index is 1.51. The van der Waals surface area contributed by atoms with Crippen molar-refractivity contribution in [2.45, 2.75) is 6.54 Å². The summed E-state index contributed by atoms with van der Waals surface area (Å²) in [4.78, 5) is 34.0. The molecule has 1 aromatic heterocycles. The van der Waals surface area contributed by atoms with Crippen molar-refractivity contribution >= 4 is 23.8 Å². The number of hydrogen-bond donors (Lipinski definition) is 1. The van der Waals surface area contributed by atoms with Gasteiger partial charge in [-0.1, -0.05) is 6.07 Å². The Labute approximate surface area is 176 Å². The van der Waals surface area contributed by atoms with Crippen molar-refractivity contribution in [3.8, 4) is 11.5 Å². The summed E-state index contributed by atoms with van der Waals surface area (Å²) in [6.07, 6.45) is 3.60. The van der Waals surface area contributed by atoms with E-state index in [0.29, 0.717) is 22.6 Å². The Morgan fingerprint density at radius 2 is 2.00 bits per heavy atom. The van der Waals surface area contributed by atoms with Crippen LogP contribution in [0, 0.1) is 10.1 Å². The number of carbonyl (C=O) groups is 2. The van der Waals surface area contributed by atoms with Gasteiger partial charge in [0.2, 0.25) is 0 Å². The molecule has 0 saturated heterocycles. The van der Waals surface area contributed by atoms with Crippen LogP contribution in [0.15, 0.2) is 66.0 Å². The number of nitrogens with one attached hydrogen (secondary N) is 1. The van der Waals surface area contributed by atoms with E-state index in [1.807, 2.05) is 0 Å². The molecule has 2 aromatic carbocycles. The van der Waals surface area contributed by atoms with Gasteiger partial charge in [0.1, 0.15) is 30.4 Å². The first-order chi connectivity index (χ1) is 14.9. The summed E-state index contributed by atoms with van der Waals surface area (Å²) in [5.41, 5.74) is 3.10. The van der Waals surface area contributed by atoms with E-state index in [4.69, 9.17) is 9.47 Å². The van der Waals surface area contributed by atoms with E-state index >= 15 is 0 Å². The molecule has 1 heterocycles. The minimum atomic E-state index is -0.600. The van der Waals surface area contributed by atoms with Gasteiger partial charge in [0, 0.05) is 0 Å². The number of hydrazone groups is 1. The molecular formula is C20H17N5O6. The number of amides is 1. The summed E-state index contributed by atoms with van der Waals surface area (Å²) in [5.74, 6) is -0.132. The molecule has 11 heteroatoms. The number of aromatic nitrogens is 2. The molecule has 1 amide bonds. The zero-order chi connectivity index (χ0) is 22.2. The highest BCUT2D eigenvalue weighted by atomic mass is 16.6. The predicted molar refractivity (Wildman–Crippen MR) is 109 cm³/mol. The zero-order valence-corrected chi connectivity index (χ0v) is 16.3. The van der Waals surface area contributed by atoms with E-state index in [1.165, 1.54) is 13.3 Å². The topological polar surface area (TPSA) is 138 Å². The van der Waals surface area contributed by atoms with Gasteiger partial charge in [-0.3, -0.25) is 19.6 Å². The molecule has 0 bridgehead atoms. The molecule has 158 valence electrons. The standard InChI is InChI=1S/C20H17N5O6/c1-30-18-4-2-3-15(9-18)20(27)31-17-7-5-14(6-8-17)10-21-23-19(26)13-24-12-16(11-22-24)25(28)29/h2-12H,13H2,1H3,(H,23,26)/b21-10+. The number of nitro groups is 1.